The third-order valence-corrected chi connectivity index (χ3v) is 3.33. The topological polar surface area (TPSA) is 41.1 Å². The summed E-state index contributed by atoms with van der Waals surface area (Å²) in [6, 6.07) is 6.65. The first kappa shape index (κ1) is 15.2. The molecule has 0 bridgehead atoms. The van der Waals surface area contributed by atoms with Crippen LogP contribution in [0.25, 0.3) is 0 Å². The molecule has 112 valence electrons. The van der Waals surface area contributed by atoms with Crippen molar-refractivity contribution in [3.8, 4) is 0 Å². The van der Waals surface area contributed by atoms with Crippen molar-refractivity contribution < 1.29 is 4.39 Å². The molecular formula is C16H21FN4. The second-order valence-electron chi connectivity index (χ2n) is 5.01. The first-order valence-electron chi connectivity index (χ1n) is 7.13. The van der Waals surface area contributed by atoms with Crippen molar-refractivity contribution in [1.82, 2.24) is 9.97 Å². The van der Waals surface area contributed by atoms with Gasteiger partial charge in [0.2, 0.25) is 0 Å². The van der Waals surface area contributed by atoms with Crippen LogP contribution in [0.15, 0.2) is 30.6 Å². The highest BCUT2D eigenvalue weighted by atomic mass is 19.1. The summed E-state index contributed by atoms with van der Waals surface area (Å²) in [5, 5.41) is 3.11. The molecule has 0 saturated heterocycles. The van der Waals surface area contributed by atoms with E-state index in [-0.39, 0.29) is 5.82 Å². The van der Waals surface area contributed by atoms with E-state index in [2.05, 4.69) is 22.2 Å². The van der Waals surface area contributed by atoms with Gasteiger partial charge in [0, 0.05) is 26.2 Å². The largest absolute Gasteiger partial charge is 0.373 e. The Morgan fingerprint density at radius 3 is 2.76 bits per heavy atom. The fourth-order valence-corrected chi connectivity index (χ4v) is 2.41. The maximum absolute atomic E-state index is 13.3. The van der Waals surface area contributed by atoms with Gasteiger partial charge >= 0.3 is 0 Å². The minimum Gasteiger partial charge on any atom is -0.373 e. The highest BCUT2D eigenvalue weighted by Crippen LogP contribution is 2.25. The highest BCUT2D eigenvalue weighted by molar-refractivity contribution is 5.58. The maximum Gasteiger partial charge on any atom is 0.137 e. The molecule has 0 aliphatic heterocycles. The summed E-state index contributed by atoms with van der Waals surface area (Å²) in [6.45, 7) is 2.73. The number of anilines is 2. The van der Waals surface area contributed by atoms with E-state index in [1.807, 2.05) is 25.1 Å². The lowest BCUT2D eigenvalue weighted by atomic mass is 10.1. The third kappa shape index (κ3) is 3.68. The van der Waals surface area contributed by atoms with E-state index in [4.69, 9.17) is 0 Å². The zero-order chi connectivity index (χ0) is 15.2. The number of rotatable bonds is 6. The van der Waals surface area contributed by atoms with Crippen LogP contribution in [-0.4, -0.2) is 24.1 Å². The van der Waals surface area contributed by atoms with Gasteiger partial charge < -0.3 is 10.2 Å². The van der Waals surface area contributed by atoms with E-state index < -0.39 is 0 Å². The molecule has 0 spiro atoms. The Morgan fingerprint density at radius 1 is 1.29 bits per heavy atom. The Bertz CT molecular complexity index is 601. The van der Waals surface area contributed by atoms with Crippen LogP contribution in [0.2, 0.25) is 0 Å². The maximum atomic E-state index is 13.3. The summed E-state index contributed by atoms with van der Waals surface area (Å²) in [5.74, 6) is 1.53. The Morgan fingerprint density at radius 2 is 2.10 bits per heavy atom. The number of benzene rings is 1. The van der Waals surface area contributed by atoms with Crippen molar-refractivity contribution >= 4 is 11.6 Å². The number of halogens is 1. The molecule has 0 fully saturated rings. The molecule has 0 radical (unpaired) electrons. The fourth-order valence-electron chi connectivity index (χ4n) is 2.41. The van der Waals surface area contributed by atoms with Gasteiger partial charge in [-0.3, -0.25) is 0 Å². The molecule has 1 aromatic carbocycles. The zero-order valence-electron chi connectivity index (χ0n) is 12.7. The van der Waals surface area contributed by atoms with E-state index in [0.29, 0.717) is 6.54 Å². The Labute approximate surface area is 125 Å². The predicted molar refractivity (Wildman–Crippen MR) is 84.1 cm³/mol. The normalized spacial score (nSPS) is 10.5. The van der Waals surface area contributed by atoms with Crippen LogP contribution in [0.5, 0.6) is 0 Å². The van der Waals surface area contributed by atoms with Crippen molar-refractivity contribution in [2.45, 2.75) is 26.3 Å². The summed E-state index contributed by atoms with van der Waals surface area (Å²) < 4.78 is 13.3. The molecular weight excluding hydrogens is 267 g/mol. The number of nitrogens with zero attached hydrogens (tertiary/aromatic N) is 3. The molecule has 21 heavy (non-hydrogen) atoms. The summed E-state index contributed by atoms with van der Waals surface area (Å²) >= 11 is 0. The quantitative estimate of drug-likeness (QED) is 0.886. The molecule has 0 saturated carbocycles. The summed E-state index contributed by atoms with van der Waals surface area (Å²) in [4.78, 5) is 10.7. The van der Waals surface area contributed by atoms with Crippen LogP contribution in [0, 0.1) is 5.82 Å². The summed E-state index contributed by atoms with van der Waals surface area (Å²) in [7, 11) is 3.82. The van der Waals surface area contributed by atoms with Gasteiger partial charge in [-0.2, -0.15) is 0 Å². The second kappa shape index (κ2) is 7.02. The van der Waals surface area contributed by atoms with Gasteiger partial charge in [-0.15, -0.1) is 0 Å². The fraction of sp³-hybridized carbons (Fsp3) is 0.375. The van der Waals surface area contributed by atoms with E-state index in [0.717, 1.165) is 35.6 Å². The van der Waals surface area contributed by atoms with E-state index >= 15 is 0 Å². The lowest BCUT2D eigenvalue weighted by molar-refractivity contribution is 0.625. The van der Waals surface area contributed by atoms with Gasteiger partial charge in [0.15, 0.2) is 0 Å². The van der Waals surface area contributed by atoms with E-state index in [9.17, 15) is 4.39 Å². The molecule has 1 heterocycles. The molecule has 0 unspecified atom stereocenters. The minimum atomic E-state index is -0.215. The lowest BCUT2D eigenvalue weighted by Crippen LogP contribution is -2.20. The smallest absolute Gasteiger partial charge is 0.137 e. The Balaban J connectivity index is 2.28. The number of aromatic nitrogens is 2. The number of hydrogen-bond donors (Lipinski definition) is 1. The molecule has 0 aliphatic carbocycles. The van der Waals surface area contributed by atoms with Crippen LogP contribution in [0.4, 0.5) is 16.0 Å². The Hall–Kier alpha value is -2.17. The van der Waals surface area contributed by atoms with Crippen LogP contribution in [-0.2, 0) is 13.0 Å². The average molecular weight is 288 g/mol. The summed E-state index contributed by atoms with van der Waals surface area (Å²) in [5.41, 5.74) is 2.02. The molecule has 4 nitrogen and oxygen atoms in total. The zero-order valence-corrected chi connectivity index (χ0v) is 12.7. The van der Waals surface area contributed by atoms with Crippen molar-refractivity contribution in [2.75, 3.05) is 24.3 Å². The van der Waals surface area contributed by atoms with Gasteiger partial charge in [-0.05, 0) is 24.1 Å². The van der Waals surface area contributed by atoms with Crippen molar-refractivity contribution in [3.63, 3.8) is 0 Å². The molecule has 2 aromatic rings. The van der Waals surface area contributed by atoms with E-state index in [1.165, 1.54) is 6.07 Å². The number of hydrogen-bond acceptors (Lipinski definition) is 4. The average Bonchev–Trinajstić information content (AvgIpc) is 2.47. The van der Waals surface area contributed by atoms with Crippen LogP contribution in [0.1, 0.15) is 24.5 Å². The molecule has 5 heteroatoms. The van der Waals surface area contributed by atoms with Crippen LogP contribution >= 0.6 is 0 Å². The van der Waals surface area contributed by atoms with Gasteiger partial charge in [-0.1, -0.05) is 25.5 Å². The SMILES string of the molecule is CCCc1c(NC)ncnc1N(C)Cc1cccc(F)c1. The molecule has 1 N–H and O–H groups in total. The predicted octanol–water partition coefficient (Wildman–Crippen LogP) is 3.25. The minimum absolute atomic E-state index is 0.215. The van der Waals surface area contributed by atoms with Crippen molar-refractivity contribution in [1.29, 1.82) is 0 Å². The molecule has 0 aliphatic rings. The molecule has 0 amide bonds. The number of nitrogens with one attached hydrogen (secondary N) is 1. The lowest BCUT2D eigenvalue weighted by Gasteiger charge is -2.22. The first-order chi connectivity index (χ1) is 10.2. The Kier molecular flexibility index (Phi) is 5.09. The van der Waals surface area contributed by atoms with E-state index in [1.54, 1.807) is 18.5 Å². The second-order valence-corrected chi connectivity index (χ2v) is 5.01. The molecule has 2 rings (SSSR count). The van der Waals surface area contributed by atoms with Crippen LogP contribution < -0.4 is 10.2 Å². The summed E-state index contributed by atoms with van der Waals surface area (Å²) in [6.07, 6.45) is 3.48. The third-order valence-electron chi connectivity index (χ3n) is 3.33. The van der Waals surface area contributed by atoms with Gasteiger partial charge in [0.1, 0.15) is 23.8 Å². The van der Waals surface area contributed by atoms with Crippen LogP contribution in [0.3, 0.4) is 0 Å². The monoisotopic (exact) mass is 288 g/mol. The van der Waals surface area contributed by atoms with Gasteiger partial charge in [0.25, 0.3) is 0 Å². The van der Waals surface area contributed by atoms with Crippen molar-refractivity contribution in [2.24, 2.45) is 0 Å². The molecule has 1 aromatic heterocycles. The molecule has 0 atom stereocenters. The van der Waals surface area contributed by atoms with Gasteiger partial charge in [0.05, 0.1) is 0 Å². The standard InChI is InChI=1S/C16H21FN4/c1-4-6-14-15(18-2)19-11-20-16(14)21(3)10-12-7-5-8-13(17)9-12/h5,7-9,11H,4,6,10H2,1-3H3,(H,18,19,20). The van der Waals surface area contributed by atoms with Crippen molar-refractivity contribution in [3.05, 3.63) is 47.5 Å². The highest BCUT2D eigenvalue weighted by Gasteiger charge is 2.14. The van der Waals surface area contributed by atoms with Gasteiger partial charge in [-0.25, -0.2) is 14.4 Å². The first-order valence-corrected chi connectivity index (χ1v) is 7.13.